The lowest BCUT2D eigenvalue weighted by atomic mass is 10.0. The summed E-state index contributed by atoms with van der Waals surface area (Å²) in [6.45, 7) is 0.198. The van der Waals surface area contributed by atoms with Crippen molar-refractivity contribution >= 4 is 15.9 Å². The van der Waals surface area contributed by atoms with Crippen molar-refractivity contribution in [2.75, 3.05) is 13.7 Å². The Morgan fingerprint density at radius 1 is 1.43 bits per heavy atom. The molecule has 6 nitrogen and oxygen atoms in total. The number of sulfonamides is 1. The molecule has 1 saturated heterocycles. The van der Waals surface area contributed by atoms with Crippen molar-refractivity contribution in [3.05, 3.63) is 24.0 Å². The zero-order valence-corrected chi connectivity index (χ0v) is 12.4. The second-order valence-electron chi connectivity index (χ2n) is 4.83. The van der Waals surface area contributed by atoms with Crippen LogP contribution in [-0.2, 0) is 14.8 Å². The minimum absolute atomic E-state index is 0.0426. The molecule has 0 radical (unpaired) electrons. The average molecular weight is 316 g/mol. The Morgan fingerprint density at radius 2 is 2.14 bits per heavy atom. The van der Waals surface area contributed by atoms with Crippen molar-refractivity contribution in [1.29, 1.82) is 0 Å². The van der Waals surface area contributed by atoms with E-state index in [2.05, 4.69) is 0 Å². The van der Waals surface area contributed by atoms with Gasteiger partial charge >= 0.3 is 0 Å². The number of benzene rings is 1. The van der Waals surface area contributed by atoms with Crippen LogP contribution in [-0.4, -0.2) is 38.3 Å². The van der Waals surface area contributed by atoms with E-state index in [1.54, 1.807) is 0 Å². The van der Waals surface area contributed by atoms with E-state index < -0.39 is 27.8 Å². The van der Waals surface area contributed by atoms with Gasteiger partial charge in [-0.3, -0.25) is 4.79 Å². The fourth-order valence-electron chi connectivity index (χ4n) is 2.42. The smallest absolute Gasteiger partial charge is 0.243 e. The summed E-state index contributed by atoms with van der Waals surface area (Å²) in [5.41, 5.74) is 5.27. The highest BCUT2D eigenvalue weighted by Gasteiger charge is 2.36. The molecule has 1 atom stereocenters. The number of primary amides is 1. The lowest BCUT2D eigenvalue weighted by Crippen LogP contribution is -2.50. The Morgan fingerprint density at radius 3 is 2.71 bits per heavy atom. The van der Waals surface area contributed by atoms with Gasteiger partial charge in [0.15, 0.2) is 11.6 Å². The van der Waals surface area contributed by atoms with Gasteiger partial charge < -0.3 is 10.5 Å². The Bertz CT molecular complexity index is 648. The Labute approximate surface area is 122 Å². The molecule has 1 aliphatic rings. The molecule has 1 heterocycles. The molecule has 116 valence electrons. The van der Waals surface area contributed by atoms with Crippen molar-refractivity contribution in [3.8, 4) is 5.75 Å². The normalized spacial score (nSPS) is 20.2. The van der Waals surface area contributed by atoms with Gasteiger partial charge in [0.2, 0.25) is 15.9 Å². The first-order valence-corrected chi connectivity index (χ1v) is 7.96. The molecule has 1 aliphatic heterocycles. The maximum absolute atomic E-state index is 13.7. The van der Waals surface area contributed by atoms with E-state index in [0.29, 0.717) is 12.8 Å². The topological polar surface area (TPSA) is 89.7 Å². The summed E-state index contributed by atoms with van der Waals surface area (Å²) in [5.74, 6) is -1.50. The van der Waals surface area contributed by atoms with Crippen LogP contribution in [0.4, 0.5) is 4.39 Å². The van der Waals surface area contributed by atoms with Crippen LogP contribution in [0.3, 0.4) is 0 Å². The van der Waals surface area contributed by atoms with Crippen molar-refractivity contribution < 1.29 is 22.3 Å². The predicted octanol–water partition coefficient (Wildman–Crippen LogP) is 0.863. The molecule has 0 aliphatic carbocycles. The number of rotatable bonds is 4. The molecule has 8 heteroatoms. The third-order valence-electron chi connectivity index (χ3n) is 3.51. The Balaban J connectivity index is 2.40. The summed E-state index contributed by atoms with van der Waals surface area (Å²) in [7, 11) is -2.67. The van der Waals surface area contributed by atoms with Crippen molar-refractivity contribution in [2.45, 2.75) is 30.2 Å². The number of halogens is 1. The predicted molar refractivity (Wildman–Crippen MR) is 73.7 cm³/mol. The van der Waals surface area contributed by atoms with Crippen LogP contribution in [0.15, 0.2) is 23.1 Å². The minimum atomic E-state index is -3.97. The molecule has 0 unspecified atom stereocenters. The van der Waals surface area contributed by atoms with Crippen LogP contribution >= 0.6 is 0 Å². The van der Waals surface area contributed by atoms with Gasteiger partial charge in [-0.05, 0) is 31.0 Å². The van der Waals surface area contributed by atoms with Crippen LogP contribution < -0.4 is 10.5 Å². The second kappa shape index (κ2) is 5.98. The van der Waals surface area contributed by atoms with E-state index in [9.17, 15) is 17.6 Å². The van der Waals surface area contributed by atoms with Gasteiger partial charge in [-0.2, -0.15) is 4.31 Å². The molecule has 21 heavy (non-hydrogen) atoms. The molecule has 0 aromatic heterocycles. The molecule has 1 amide bonds. The summed E-state index contributed by atoms with van der Waals surface area (Å²) in [6, 6.07) is 2.50. The highest BCUT2D eigenvalue weighted by molar-refractivity contribution is 7.89. The number of amides is 1. The summed E-state index contributed by atoms with van der Waals surface area (Å²) >= 11 is 0. The molecule has 0 spiro atoms. The first-order chi connectivity index (χ1) is 9.87. The van der Waals surface area contributed by atoms with Gasteiger partial charge in [-0.1, -0.05) is 6.42 Å². The number of ether oxygens (including phenoxy) is 1. The van der Waals surface area contributed by atoms with E-state index >= 15 is 0 Å². The van der Waals surface area contributed by atoms with Gasteiger partial charge in [0.05, 0.1) is 12.0 Å². The number of carbonyl (C=O) groups excluding carboxylic acids is 1. The van der Waals surface area contributed by atoms with Crippen LogP contribution in [0.2, 0.25) is 0 Å². The summed E-state index contributed by atoms with van der Waals surface area (Å²) in [5, 5.41) is 0. The van der Waals surface area contributed by atoms with Gasteiger partial charge in [0.25, 0.3) is 0 Å². The quantitative estimate of drug-likeness (QED) is 0.892. The number of nitrogens with two attached hydrogens (primary N) is 1. The first kappa shape index (κ1) is 15.7. The number of methoxy groups -OCH3 is 1. The molecular formula is C13H17FN2O4S. The molecular weight excluding hydrogens is 299 g/mol. The molecule has 0 bridgehead atoms. The molecule has 0 saturated carbocycles. The zero-order chi connectivity index (χ0) is 15.6. The first-order valence-electron chi connectivity index (χ1n) is 6.52. The van der Waals surface area contributed by atoms with Gasteiger partial charge in [-0.25, -0.2) is 12.8 Å². The standard InChI is InChI=1S/C13H17FN2O4S/c1-20-12-6-5-9(8-10(12)14)21(18,19)16-7-3-2-4-11(16)13(15)17/h5-6,8,11H,2-4,7H2,1H3,(H2,15,17)/t11-/m0/s1. The van der Waals surface area contributed by atoms with Crippen LogP contribution in [0.1, 0.15) is 19.3 Å². The molecule has 1 fully saturated rings. The van der Waals surface area contributed by atoms with Crippen LogP contribution in [0, 0.1) is 5.82 Å². The van der Waals surface area contributed by atoms with Gasteiger partial charge in [0, 0.05) is 6.54 Å². The SMILES string of the molecule is COc1ccc(S(=O)(=O)N2CCCC[C@H]2C(N)=O)cc1F. The van der Waals surface area contributed by atoms with Crippen LogP contribution in [0.5, 0.6) is 5.75 Å². The zero-order valence-electron chi connectivity index (χ0n) is 11.6. The third-order valence-corrected chi connectivity index (χ3v) is 5.42. The fraction of sp³-hybridized carbons (Fsp3) is 0.462. The highest BCUT2D eigenvalue weighted by atomic mass is 32.2. The lowest BCUT2D eigenvalue weighted by molar-refractivity contribution is -0.122. The number of carbonyl (C=O) groups is 1. The van der Waals surface area contributed by atoms with E-state index in [1.165, 1.54) is 19.2 Å². The van der Waals surface area contributed by atoms with E-state index in [4.69, 9.17) is 10.5 Å². The fourth-order valence-corrected chi connectivity index (χ4v) is 4.10. The monoisotopic (exact) mass is 316 g/mol. The number of nitrogens with zero attached hydrogens (tertiary/aromatic N) is 1. The third kappa shape index (κ3) is 3.01. The molecule has 2 N–H and O–H groups in total. The van der Waals surface area contributed by atoms with Gasteiger partial charge in [0.1, 0.15) is 6.04 Å². The molecule has 1 aromatic rings. The Kier molecular flexibility index (Phi) is 4.48. The number of hydrogen-bond donors (Lipinski definition) is 1. The van der Waals surface area contributed by atoms with Crippen molar-refractivity contribution in [2.24, 2.45) is 5.73 Å². The largest absolute Gasteiger partial charge is 0.494 e. The highest BCUT2D eigenvalue weighted by Crippen LogP contribution is 2.27. The summed E-state index contributed by atoms with van der Waals surface area (Å²) < 4.78 is 44.6. The summed E-state index contributed by atoms with van der Waals surface area (Å²) in [4.78, 5) is 11.2. The van der Waals surface area contributed by atoms with Crippen molar-refractivity contribution in [3.63, 3.8) is 0 Å². The molecule has 1 aromatic carbocycles. The average Bonchev–Trinajstić information content (AvgIpc) is 2.47. The van der Waals surface area contributed by atoms with Crippen molar-refractivity contribution in [1.82, 2.24) is 4.31 Å². The second-order valence-corrected chi connectivity index (χ2v) is 6.72. The maximum atomic E-state index is 13.7. The van der Waals surface area contributed by atoms with E-state index in [1.807, 2.05) is 0 Å². The van der Waals surface area contributed by atoms with Crippen LogP contribution in [0.25, 0.3) is 0 Å². The van der Waals surface area contributed by atoms with Gasteiger partial charge in [-0.15, -0.1) is 0 Å². The lowest BCUT2D eigenvalue weighted by Gasteiger charge is -2.32. The maximum Gasteiger partial charge on any atom is 0.243 e. The summed E-state index contributed by atoms with van der Waals surface area (Å²) in [6.07, 6.45) is 1.76. The molecule has 2 rings (SSSR count). The number of hydrogen-bond acceptors (Lipinski definition) is 4. The minimum Gasteiger partial charge on any atom is -0.494 e. The number of piperidine rings is 1. The Hall–Kier alpha value is -1.67. The van der Waals surface area contributed by atoms with E-state index in [-0.39, 0.29) is 17.2 Å². The van der Waals surface area contributed by atoms with E-state index in [0.717, 1.165) is 16.8 Å².